The highest BCUT2D eigenvalue weighted by Crippen LogP contribution is 2.38. The Morgan fingerprint density at radius 1 is 1.11 bits per heavy atom. The summed E-state index contributed by atoms with van der Waals surface area (Å²) in [7, 11) is -1.87. The van der Waals surface area contributed by atoms with Gasteiger partial charge in [0.2, 0.25) is 0 Å². The number of amides is 1. The van der Waals surface area contributed by atoms with E-state index in [4.69, 9.17) is 18.6 Å². The van der Waals surface area contributed by atoms with Gasteiger partial charge in [0, 0.05) is 6.61 Å². The quantitative estimate of drug-likeness (QED) is 0.286. The lowest BCUT2D eigenvalue weighted by Gasteiger charge is -2.40. The summed E-state index contributed by atoms with van der Waals surface area (Å²) in [4.78, 5) is 19.0. The Hall–Kier alpha value is -0.693. The van der Waals surface area contributed by atoms with Gasteiger partial charge in [0.1, 0.15) is 35.4 Å². The smallest absolute Gasteiger partial charge is 0.416 e. The first-order chi connectivity index (χ1) is 16.5. The fourth-order valence-electron chi connectivity index (χ4n) is 4.09. The van der Waals surface area contributed by atoms with E-state index >= 15 is 0 Å². The maximum Gasteiger partial charge on any atom is 0.416 e. The topological polar surface area (TPSA) is 110 Å². The number of thioether (sulfide) groups is 1. The number of nitrogens with zero attached hydrogens (tertiary/aromatic N) is 2. The molecule has 5 atom stereocenters. The van der Waals surface area contributed by atoms with Crippen LogP contribution in [0.4, 0.5) is 4.79 Å². The van der Waals surface area contributed by atoms with Crippen LogP contribution in [0.2, 0.25) is 18.1 Å². The van der Waals surface area contributed by atoms with Crippen LogP contribution in [0.5, 0.6) is 0 Å². The van der Waals surface area contributed by atoms with Crippen molar-refractivity contribution < 1.29 is 33.6 Å². The highest BCUT2D eigenvalue weighted by atomic mass is 32.2. The van der Waals surface area contributed by atoms with E-state index in [9.17, 15) is 15.0 Å². The second-order valence-electron chi connectivity index (χ2n) is 10.2. The van der Waals surface area contributed by atoms with Crippen molar-refractivity contribution in [3.63, 3.8) is 0 Å². The largest absolute Gasteiger partial charge is 0.443 e. The minimum absolute atomic E-state index is 0.236. The molecule has 11 heteroatoms. The van der Waals surface area contributed by atoms with Gasteiger partial charge in [-0.15, -0.1) is 0 Å². The second kappa shape index (κ2) is 13.7. The van der Waals surface area contributed by atoms with Crippen LogP contribution >= 0.6 is 11.8 Å². The van der Waals surface area contributed by atoms with Crippen molar-refractivity contribution in [1.29, 1.82) is 0 Å². The van der Waals surface area contributed by atoms with Gasteiger partial charge in [-0.25, -0.2) is 4.79 Å². The van der Waals surface area contributed by atoms with Crippen molar-refractivity contribution in [2.45, 2.75) is 115 Å². The van der Waals surface area contributed by atoms with Crippen molar-refractivity contribution in [3.8, 4) is 0 Å². The fourth-order valence-corrected chi connectivity index (χ4v) is 7.96. The number of aliphatic imine (C=N–C) groups is 1. The van der Waals surface area contributed by atoms with Gasteiger partial charge in [-0.2, -0.15) is 0 Å². The standard InChI is InChI=1S/C24H46N2O7SSi/c1-8-12-14-30-15-13-26(23(29)33-24(5,6)7)22-25-18-20(28)19(27)17(32-21(18)34-22)16-31-35(9-2,10-3)11-4/h17-21,27-28H,8-16H2,1-7H3/t17-,18-,19-,20-,21-/m1/s1. The molecular formula is C24H46N2O7SSi. The Labute approximate surface area is 216 Å². The molecular weight excluding hydrogens is 488 g/mol. The Bertz CT molecular complexity index is 694. The molecule has 0 aromatic heterocycles. The van der Waals surface area contributed by atoms with Crippen molar-refractivity contribution in [3.05, 3.63) is 0 Å². The maximum absolute atomic E-state index is 13.0. The molecule has 2 N–H and O–H groups in total. The van der Waals surface area contributed by atoms with Gasteiger partial charge in [0.15, 0.2) is 13.5 Å². The lowest BCUT2D eigenvalue weighted by molar-refractivity contribution is -0.162. The number of aliphatic hydroxyl groups excluding tert-OH is 2. The van der Waals surface area contributed by atoms with Gasteiger partial charge in [-0.3, -0.25) is 9.89 Å². The summed E-state index contributed by atoms with van der Waals surface area (Å²) in [5, 5.41) is 22.0. The number of fused-ring (bicyclic) bond motifs is 1. The summed E-state index contributed by atoms with van der Waals surface area (Å²) < 4.78 is 23.8. The van der Waals surface area contributed by atoms with E-state index in [2.05, 4.69) is 32.7 Å². The van der Waals surface area contributed by atoms with E-state index in [1.807, 2.05) is 20.8 Å². The van der Waals surface area contributed by atoms with Crippen molar-refractivity contribution in [2.24, 2.45) is 4.99 Å². The van der Waals surface area contributed by atoms with E-state index < -0.39 is 49.8 Å². The molecule has 0 unspecified atom stereocenters. The zero-order chi connectivity index (χ0) is 26.2. The van der Waals surface area contributed by atoms with Gasteiger partial charge in [-0.1, -0.05) is 45.9 Å². The van der Waals surface area contributed by atoms with Crippen LogP contribution < -0.4 is 0 Å². The molecule has 0 aromatic carbocycles. The number of aliphatic hydroxyl groups is 2. The van der Waals surface area contributed by atoms with E-state index in [0.717, 1.165) is 31.0 Å². The molecule has 2 aliphatic rings. The lowest BCUT2D eigenvalue weighted by atomic mass is 9.99. The minimum Gasteiger partial charge on any atom is -0.443 e. The molecule has 2 rings (SSSR count). The number of amidine groups is 1. The predicted octanol–water partition coefficient (Wildman–Crippen LogP) is 3.98. The molecule has 204 valence electrons. The SMILES string of the molecule is CCCCOCCN(C(=O)OC(C)(C)C)C1=N[C@@H]2[C@@H](O)[C@H](O)[C@@H](CO[Si](CC)(CC)CC)O[C@@H]2S1. The van der Waals surface area contributed by atoms with Crippen LogP contribution in [0.15, 0.2) is 4.99 Å². The predicted molar refractivity (Wildman–Crippen MR) is 141 cm³/mol. The number of ether oxygens (including phenoxy) is 3. The molecule has 0 bridgehead atoms. The van der Waals surface area contributed by atoms with Crippen LogP contribution in [0, 0.1) is 0 Å². The molecule has 0 saturated carbocycles. The van der Waals surface area contributed by atoms with Crippen molar-refractivity contribution in [1.82, 2.24) is 4.90 Å². The van der Waals surface area contributed by atoms with E-state index in [1.54, 1.807) is 0 Å². The van der Waals surface area contributed by atoms with Crippen molar-refractivity contribution >= 4 is 31.3 Å². The van der Waals surface area contributed by atoms with Crippen LogP contribution in [-0.2, 0) is 18.6 Å². The number of hydrogen-bond acceptors (Lipinski definition) is 9. The zero-order valence-corrected chi connectivity index (χ0v) is 24.3. The Morgan fingerprint density at radius 3 is 2.34 bits per heavy atom. The highest BCUT2D eigenvalue weighted by molar-refractivity contribution is 8.14. The minimum atomic E-state index is -1.87. The second-order valence-corrected chi connectivity index (χ2v) is 16.0. The molecule has 2 aliphatic heterocycles. The molecule has 9 nitrogen and oxygen atoms in total. The monoisotopic (exact) mass is 534 g/mol. The number of hydrogen-bond donors (Lipinski definition) is 2. The third kappa shape index (κ3) is 8.41. The van der Waals surface area contributed by atoms with E-state index in [-0.39, 0.29) is 13.2 Å². The molecule has 0 spiro atoms. The average Bonchev–Trinajstić information content (AvgIpc) is 3.23. The molecule has 1 saturated heterocycles. The molecule has 2 heterocycles. The highest BCUT2D eigenvalue weighted by Gasteiger charge is 2.50. The Morgan fingerprint density at radius 2 is 1.77 bits per heavy atom. The molecule has 35 heavy (non-hydrogen) atoms. The maximum atomic E-state index is 13.0. The van der Waals surface area contributed by atoms with Crippen LogP contribution in [0.25, 0.3) is 0 Å². The van der Waals surface area contributed by atoms with Crippen LogP contribution in [-0.4, -0.2) is 96.4 Å². The normalized spacial score (nSPS) is 26.9. The van der Waals surface area contributed by atoms with Gasteiger partial charge in [-0.05, 0) is 45.3 Å². The number of carbonyl (C=O) groups excluding carboxylic acids is 1. The summed E-state index contributed by atoms with van der Waals surface area (Å²) >= 11 is 1.27. The Balaban J connectivity index is 2.11. The first kappa shape index (κ1) is 30.5. The summed E-state index contributed by atoms with van der Waals surface area (Å²) in [6, 6.07) is 2.29. The first-order valence-electron chi connectivity index (χ1n) is 13.0. The average molecular weight is 535 g/mol. The molecule has 1 fully saturated rings. The fraction of sp³-hybridized carbons (Fsp3) is 0.917. The Kier molecular flexibility index (Phi) is 12.0. The van der Waals surface area contributed by atoms with Gasteiger partial charge in [0.05, 0.1) is 19.8 Å². The van der Waals surface area contributed by atoms with E-state index in [0.29, 0.717) is 18.4 Å². The zero-order valence-electron chi connectivity index (χ0n) is 22.5. The van der Waals surface area contributed by atoms with Crippen LogP contribution in [0.3, 0.4) is 0 Å². The third-order valence-electron chi connectivity index (χ3n) is 6.58. The molecule has 1 amide bonds. The lowest BCUT2D eigenvalue weighted by Crippen LogP contribution is -2.57. The number of unbranched alkanes of at least 4 members (excludes halogenated alkanes) is 1. The first-order valence-corrected chi connectivity index (χ1v) is 16.4. The summed E-state index contributed by atoms with van der Waals surface area (Å²) in [6.45, 7) is 15.4. The molecule has 0 aromatic rings. The summed E-state index contributed by atoms with van der Waals surface area (Å²) in [5.74, 6) is 0. The summed E-state index contributed by atoms with van der Waals surface area (Å²) in [5.41, 5.74) is -1.19. The van der Waals surface area contributed by atoms with Crippen LogP contribution in [0.1, 0.15) is 61.3 Å². The molecule has 0 aliphatic carbocycles. The van der Waals surface area contributed by atoms with Gasteiger partial charge in [0.25, 0.3) is 0 Å². The third-order valence-corrected chi connectivity index (χ3v) is 12.4. The van der Waals surface area contributed by atoms with Crippen molar-refractivity contribution in [2.75, 3.05) is 26.4 Å². The molecule has 0 radical (unpaired) electrons. The van der Waals surface area contributed by atoms with Gasteiger partial charge >= 0.3 is 6.09 Å². The number of rotatable bonds is 12. The van der Waals surface area contributed by atoms with Gasteiger partial charge < -0.3 is 28.8 Å². The number of carbonyl (C=O) groups is 1. The summed E-state index contributed by atoms with van der Waals surface area (Å²) in [6.07, 6.45) is -1.44. The van der Waals surface area contributed by atoms with E-state index in [1.165, 1.54) is 16.7 Å².